The summed E-state index contributed by atoms with van der Waals surface area (Å²) in [6, 6.07) is 7.64. The fourth-order valence-corrected chi connectivity index (χ4v) is 1.45. The molecule has 78 valence electrons. The summed E-state index contributed by atoms with van der Waals surface area (Å²) in [6.45, 7) is 3.92. The van der Waals surface area contributed by atoms with Gasteiger partial charge in [-0.3, -0.25) is 0 Å². The molecular weight excluding hydrogens is 193 g/mol. The van der Waals surface area contributed by atoms with E-state index in [0.717, 1.165) is 11.0 Å². The largest absolute Gasteiger partial charge is 0.245 e. The average Bonchev–Trinajstić information content (AvgIpc) is 2.69. The highest BCUT2D eigenvalue weighted by molar-refractivity contribution is 5.73. The van der Waals surface area contributed by atoms with Crippen LogP contribution in [0.1, 0.15) is 6.42 Å². The lowest BCUT2D eigenvalue weighted by Gasteiger charge is -2.03. The van der Waals surface area contributed by atoms with E-state index in [2.05, 4.69) is 16.9 Å². The number of nitrogens with zero attached hydrogens (tertiary/aromatic N) is 3. The second-order valence-electron chi connectivity index (χ2n) is 3.34. The normalized spacial score (nSPS) is 12.9. The standard InChI is InChI=1S/C11H12FN3/c1-2-9(12)7-8-15-11-6-4-3-5-10(11)13-14-15/h2-6,9H,1,7-8H2. The number of rotatable bonds is 4. The molecule has 1 aromatic carbocycles. The Morgan fingerprint density at radius 3 is 3.07 bits per heavy atom. The maximum atomic E-state index is 12.9. The predicted molar refractivity (Wildman–Crippen MR) is 57.2 cm³/mol. The van der Waals surface area contributed by atoms with Crippen LogP contribution in [-0.4, -0.2) is 21.2 Å². The number of para-hydroxylation sites is 1. The van der Waals surface area contributed by atoms with E-state index in [0.29, 0.717) is 13.0 Å². The van der Waals surface area contributed by atoms with Crippen molar-refractivity contribution in [3.63, 3.8) is 0 Å². The van der Waals surface area contributed by atoms with Gasteiger partial charge in [-0.05, 0) is 12.1 Å². The number of hydrogen-bond donors (Lipinski definition) is 0. The van der Waals surface area contributed by atoms with Gasteiger partial charge in [-0.25, -0.2) is 9.07 Å². The van der Waals surface area contributed by atoms with Crippen molar-refractivity contribution in [1.82, 2.24) is 15.0 Å². The van der Waals surface area contributed by atoms with Gasteiger partial charge in [-0.2, -0.15) is 0 Å². The van der Waals surface area contributed by atoms with Gasteiger partial charge >= 0.3 is 0 Å². The van der Waals surface area contributed by atoms with Crippen LogP contribution >= 0.6 is 0 Å². The van der Waals surface area contributed by atoms with Crippen molar-refractivity contribution in [2.75, 3.05) is 0 Å². The Hall–Kier alpha value is -1.71. The third-order valence-corrected chi connectivity index (χ3v) is 2.29. The third-order valence-electron chi connectivity index (χ3n) is 2.29. The molecule has 0 saturated carbocycles. The van der Waals surface area contributed by atoms with Crippen molar-refractivity contribution in [1.29, 1.82) is 0 Å². The summed E-state index contributed by atoms with van der Waals surface area (Å²) in [4.78, 5) is 0. The predicted octanol–water partition coefficient (Wildman–Crippen LogP) is 2.35. The first kappa shape index (κ1) is 9.83. The van der Waals surface area contributed by atoms with Crippen molar-refractivity contribution in [3.05, 3.63) is 36.9 Å². The van der Waals surface area contributed by atoms with Crippen molar-refractivity contribution >= 4 is 11.0 Å². The number of aryl methyl sites for hydroxylation is 1. The highest BCUT2D eigenvalue weighted by atomic mass is 19.1. The zero-order valence-corrected chi connectivity index (χ0v) is 8.31. The molecule has 0 amide bonds. The van der Waals surface area contributed by atoms with Gasteiger partial charge < -0.3 is 0 Å². The molecule has 1 unspecified atom stereocenters. The van der Waals surface area contributed by atoms with Crippen molar-refractivity contribution in [3.8, 4) is 0 Å². The maximum Gasteiger partial charge on any atom is 0.120 e. The molecule has 2 aromatic rings. The van der Waals surface area contributed by atoms with Crippen molar-refractivity contribution in [2.45, 2.75) is 19.1 Å². The third kappa shape index (κ3) is 2.03. The lowest BCUT2D eigenvalue weighted by atomic mass is 10.2. The van der Waals surface area contributed by atoms with Crippen LogP contribution in [0.3, 0.4) is 0 Å². The summed E-state index contributed by atoms with van der Waals surface area (Å²) in [5.74, 6) is 0. The highest BCUT2D eigenvalue weighted by Gasteiger charge is 2.05. The molecule has 4 heteroatoms. The Bertz CT molecular complexity index is 464. The second-order valence-corrected chi connectivity index (χ2v) is 3.34. The number of alkyl halides is 1. The molecule has 0 radical (unpaired) electrons. The molecule has 0 spiro atoms. The number of allylic oxidation sites excluding steroid dienone is 1. The molecule has 0 bridgehead atoms. The summed E-state index contributed by atoms with van der Waals surface area (Å²) >= 11 is 0. The molecule has 0 N–H and O–H groups in total. The Balaban J connectivity index is 2.18. The summed E-state index contributed by atoms with van der Waals surface area (Å²) in [5.41, 5.74) is 1.78. The quantitative estimate of drug-likeness (QED) is 0.717. The van der Waals surface area contributed by atoms with E-state index in [4.69, 9.17) is 0 Å². The van der Waals surface area contributed by atoms with E-state index < -0.39 is 6.17 Å². The smallest absolute Gasteiger partial charge is 0.120 e. The van der Waals surface area contributed by atoms with Crippen LogP contribution in [0.25, 0.3) is 11.0 Å². The van der Waals surface area contributed by atoms with E-state index in [1.165, 1.54) is 6.08 Å². The van der Waals surface area contributed by atoms with Crippen molar-refractivity contribution < 1.29 is 4.39 Å². The fraction of sp³-hybridized carbons (Fsp3) is 0.273. The molecule has 0 aliphatic rings. The van der Waals surface area contributed by atoms with Crippen molar-refractivity contribution in [2.24, 2.45) is 0 Å². The van der Waals surface area contributed by atoms with Crippen LogP contribution in [0.2, 0.25) is 0 Å². The molecular formula is C11H12FN3. The summed E-state index contributed by atoms with van der Waals surface area (Å²) in [5, 5.41) is 7.95. The first-order valence-electron chi connectivity index (χ1n) is 4.86. The number of halogens is 1. The monoisotopic (exact) mass is 205 g/mol. The second kappa shape index (κ2) is 4.21. The molecule has 0 aliphatic heterocycles. The average molecular weight is 205 g/mol. The number of hydrogen-bond acceptors (Lipinski definition) is 2. The van der Waals surface area contributed by atoms with E-state index >= 15 is 0 Å². The molecule has 0 saturated heterocycles. The number of benzene rings is 1. The summed E-state index contributed by atoms with van der Waals surface area (Å²) < 4.78 is 14.7. The van der Waals surface area contributed by atoms with Crippen LogP contribution in [0.15, 0.2) is 36.9 Å². The Morgan fingerprint density at radius 2 is 2.27 bits per heavy atom. The molecule has 1 heterocycles. The van der Waals surface area contributed by atoms with Gasteiger partial charge in [0, 0.05) is 13.0 Å². The SMILES string of the molecule is C=CC(F)CCn1nnc2ccccc21. The minimum atomic E-state index is -0.979. The summed E-state index contributed by atoms with van der Waals surface area (Å²) in [7, 11) is 0. The van der Waals surface area contributed by atoms with E-state index in [1.807, 2.05) is 24.3 Å². The van der Waals surface area contributed by atoms with Gasteiger partial charge in [0.15, 0.2) is 0 Å². The Labute approximate surface area is 87.2 Å². The van der Waals surface area contributed by atoms with Gasteiger partial charge in [-0.1, -0.05) is 23.4 Å². The van der Waals surface area contributed by atoms with E-state index in [1.54, 1.807) is 4.68 Å². The van der Waals surface area contributed by atoms with Crippen LogP contribution < -0.4 is 0 Å². The zero-order valence-electron chi connectivity index (χ0n) is 8.31. The fourth-order valence-electron chi connectivity index (χ4n) is 1.45. The van der Waals surface area contributed by atoms with Gasteiger partial charge in [0.1, 0.15) is 11.7 Å². The van der Waals surface area contributed by atoms with E-state index in [9.17, 15) is 4.39 Å². The number of aromatic nitrogens is 3. The molecule has 0 fully saturated rings. The molecule has 15 heavy (non-hydrogen) atoms. The van der Waals surface area contributed by atoms with E-state index in [-0.39, 0.29) is 0 Å². The minimum absolute atomic E-state index is 0.386. The van der Waals surface area contributed by atoms with Gasteiger partial charge in [0.2, 0.25) is 0 Å². The van der Waals surface area contributed by atoms with Crippen LogP contribution in [0, 0.1) is 0 Å². The lowest BCUT2D eigenvalue weighted by Crippen LogP contribution is -2.05. The molecule has 1 aromatic heterocycles. The Morgan fingerprint density at radius 1 is 1.47 bits per heavy atom. The zero-order chi connectivity index (χ0) is 10.7. The minimum Gasteiger partial charge on any atom is -0.245 e. The first-order valence-corrected chi connectivity index (χ1v) is 4.86. The molecule has 1 atom stereocenters. The topological polar surface area (TPSA) is 30.7 Å². The summed E-state index contributed by atoms with van der Waals surface area (Å²) in [6.07, 6.45) is 0.712. The molecule has 2 rings (SSSR count). The van der Waals surface area contributed by atoms with Gasteiger partial charge in [0.25, 0.3) is 0 Å². The number of fused-ring (bicyclic) bond motifs is 1. The van der Waals surface area contributed by atoms with Crippen LogP contribution in [0.5, 0.6) is 0 Å². The van der Waals surface area contributed by atoms with Gasteiger partial charge in [0.05, 0.1) is 5.52 Å². The Kier molecular flexibility index (Phi) is 2.76. The van der Waals surface area contributed by atoms with Crippen LogP contribution in [-0.2, 0) is 6.54 Å². The van der Waals surface area contributed by atoms with Gasteiger partial charge in [-0.15, -0.1) is 11.7 Å². The molecule has 3 nitrogen and oxygen atoms in total. The first-order chi connectivity index (χ1) is 7.31. The molecule has 0 aliphatic carbocycles. The maximum absolute atomic E-state index is 12.9. The highest BCUT2D eigenvalue weighted by Crippen LogP contribution is 2.11. The van der Waals surface area contributed by atoms with Crippen LogP contribution in [0.4, 0.5) is 4.39 Å². The lowest BCUT2D eigenvalue weighted by molar-refractivity contribution is 0.354.